The van der Waals surface area contributed by atoms with Crippen LogP contribution in [0.1, 0.15) is 39.3 Å². The van der Waals surface area contributed by atoms with Gasteiger partial charge in [0.2, 0.25) is 0 Å². The molecule has 2 aromatic heterocycles. The van der Waals surface area contributed by atoms with E-state index in [9.17, 15) is 9.59 Å². The van der Waals surface area contributed by atoms with E-state index >= 15 is 4.39 Å². The van der Waals surface area contributed by atoms with Crippen molar-refractivity contribution in [1.82, 2.24) is 19.9 Å². The number of alkyl halides is 1. The molecule has 0 saturated carbocycles. The van der Waals surface area contributed by atoms with Gasteiger partial charge >= 0.3 is 6.09 Å². The predicted octanol–water partition coefficient (Wildman–Crippen LogP) is 3.68. The number of carbonyl (C=O) groups is 1. The molecule has 0 aliphatic carbocycles. The molecule has 0 radical (unpaired) electrons. The number of halogens is 2. The van der Waals surface area contributed by atoms with Crippen LogP contribution in [0, 0.1) is 0 Å². The first-order valence-electron chi connectivity index (χ1n) is 8.97. The lowest BCUT2D eigenvalue weighted by Gasteiger charge is -2.36. The minimum absolute atomic E-state index is 0.0296. The van der Waals surface area contributed by atoms with E-state index in [-0.39, 0.29) is 42.5 Å². The second-order valence-electron chi connectivity index (χ2n) is 7.75. The Morgan fingerprint density at radius 2 is 1.89 bits per heavy atom. The highest BCUT2D eigenvalue weighted by molar-refractivity contribution is 6.31. The van der Waals surface area contributed by atoms with Crippen molar-refractivity contribution in [2.24, 2.45) is 0 Å². The molecule has 3 rings (SSSR count). The Hall–Kier alpha value is -2.48. The lowest BCUT2D eigenvalue weighted by molar-refractivity contribution is 0.00126. The molecule has 0 spiro atoms. The van der Waals surface area contributed by atoms with Gasteiger partial charge in [-0.1, -0.05) is 11.6 Å². The molecule has 3 heterocycles. The van der Waals surface area contributed by atoms with Crippen molar-refractivity contribution in [2.45, 2.75) is 44.9 Å². The number of nitrogens with zero attached hydrogens (tertiary/aromatic N) is 3. The Morgan fingerprint density at radius 3 is 2.46 bits per heavy atom. The van der Waals surface area contributed by atoms with E-state index in [1.54, 1.807) is 45.3 Å². The number of aromatic amines is 1. The zero-order chi connectivity index (χ0) is 20.5. The van der Waals surface area contributed by atoms with Crippen LogP contribution in [0.25, 0.3) is 11.4 Å². The van der Waals surface area contributed by atoms with Crippen molar-refractivity contribution in [1.29, 1.82) is 0 Å². The van der Waals surface area contributed by atoms with Crippen molar-refractivity contribution < 1.29 is 13.9 Å². The molecule has 7 nitrogen and oxygen atoms in total. The van der Waals surface area contributed by atoms with Gasteiger partial charge in [-0.15, -0.1) is 0 Å². The van der Waals surface area contributed by atoms with Gasteiger partial charge in [-0.25, -0.2) is 14.2 Å². The molecule has 0 bridgehead atoms. The highest BCUT2D eigenvalue weighted by Crippen LogP contribution is 2.39. The molecule has 0 atom stereocenters. The Morgan fingerprint density at radius 1 is 1.29 bits per heavy atom. The third kappa shape index (κ3) is 4.32. The lowest BCUT2D eigenvalue weighted by atomic mass is 9.89. The standard InChI is InChI=1S/C19H22ClFN4O3/c1-18(2,3)28-17(27)25-10-6-19(21,7-11-25)14-13(20)16(26)24-15(23-14)12-4-8-22-9-5-12/h4-5,8-9H,6-7,10-11H2,1-3H3,(H,23,24,26). The molecule has 0 aromatic carbocycles. The molecule has 1 aliphatic rings. The van der Waals surface area contributed by atoms with Crippen LogP contribution in [0.5, 0.6) is 0 Å². The average Bonchev–Trinajstić information content (AvgIpc) is 2.63. The maximum absolute atomic E-state index is 15.7. The van der Waals surface area contributed by atoms with Gasteiger partial charge in [-0.05, 0) is 32.9 Å². The van der Waals surface area contributed by atoms with Gasteiger partial charge in [0.25, 0.3) is 5.56 Å². The quantitative estimate of drug-likeness (QED) is 0.818. The normalized spacial score (nSPS) is 16.7. The molecule has 28 heavy (non-hydrogen) atoms. The molecule has 2 aromatic rings. The number of hydrogen-bond donors (Lipinski definition) is 1. The highest BCUT2D eigenvalue weighted by Gasteiger charge is 2.42. The topological polar surface area (TPSA) is 88.2 Å². The molecule has 1 aliphatic heterocycles. The fourth-order valence-corrected chi connectivity index (χ4v) is 3.27. The fraction of sp³-hybridized carbons (Fsp3) is 0.474. The summed E-state index contributed by atoms with van der Waals surface area (Å²) in [4.78, 5) is 36.7. The maximum Gasteiger partial charge on any atom is 0.410 e. The Labute approximate surface area is 166 Å². The number of nitrogens with one attached hydrogen (secondary N) is 1. The number of carbonyl (C=O) groups excluding carboxylic acids is 1. The SMILES string of the molecule is CC(C)(C)OC(=O)N1CCC(F)(c2nc(-c3ccncc3)[nH]c(=O)c2Cl)CC1. The lowest BCUT2D eigenvalue weighted by Crippen LogP contribution is -2.46. The largest absolute Gasteiger partial charge is 0.444 e. The first-order valence-corrected chi connectivity index (χ1v) is 9.34. The highest BCUT2D eigenvalue weighted by atomic mass is 35.5. The summed E-state index contributed by atoms with van der Waals surface area (Å²) < 4.78 is 21.1. The third-order valence-corrected chi connectivity index (χ3v) is 4.80. The number of amides is 1. The zero-order valence-electron chi connectivity index (χ0n) is 16.0. The van der Waals surface area contributed by atoms with Crippen LogP contribution in [0.3, 0.4) is 0 Å². The summed E-state index contributed by atoms with van der Waals surface area (Å²) in [7, 11) is 0. The molecule has 9 heteroatoms. The van der Waals surface area contributed by atoms with Crippen molar-refractivity contribution in [2.75, 3.05) is 13.1 Å². The molecule has 1 N–H and O–H groups in total. The number of rotatable bonds is 2. The van der Waals surface area contributed by atoms with Crippen LogP contribution in [0.2, 0.25) is 5.02 Å². The van der Waals surface area contributed by atoms with E-state index in [0.717, 1.165) is 0 Å². The second kappa shape index (κ2) is 7.50. The van der Waals surface area contributed by atoms with Crippen molar-refractivity contribution in [3.8, 4) is 11.4 Å². The average molecular weight is 409 g/mol. The van der Waals surface area contributed by atoms with E-state index < -0.39 is 22.9 Å². The van der Waals surface area contributed by atoms with Crippen LogP contribution in [0.15, 0.2) is 29.3 Å². The molecular formula is C19H22ClFN4O3. The first kappa shape index (κ1) is 20.3. The van der Waals surface area contributed by atoms with E-state index in [4.69, 9.17) is 16.3 Å². The molecule has 1 amide bonds. The van der Waals surface area contributed by atoms with Gasteiger partial charge in [0, 0.05) is 43.9 Å². The van der Waals surface area contributed by atoms with Gasteiger partial charge in [-0.2, -0.15) is 0 Å². The molecule has 150 valence electrons. The third-order valence-electron chi connectivity index (χ3n) is 4.45. The summed E-state index contributed by atoms with van der Waals surface area (Å²) in [5, 5.41) is -0.272. The summed E-state index contributed by atoms with van der Waals surface area (Å²) in [5.74, 6) is 0.221. The van der Waals surface area contributed by atoms with Gasteiger partial charge < -0.3 is 14.6 Å². The van der Waals surface area contributed by atoms with E-state index in [0.29, 0.717) is 5.56 Å². The number of likely N-dealkylation sites (tertiary alicyclic amines) is 1. The maximum atomic E-state index is 15.7. The minimum Gasteiger partial charge on any atom is -0.444 e. The Kier molecular flexibility index (Phi) is 5.43. The molecule has 0 unspecified atom stereocenters. The number of H-pyrrole nitrogens is 1. The molecule has 1 saturated heterocycles. The Balaban J connectivity index is 1.85. The van der Waals surface area contributed by atoms with E-state index in [1.807, 2.05) is 0 Å². The summed E-state index contributed by atoms with van der Waals surface area (Å²) in [6, 6.07) is 3.32. The van der Waals surface area contributed by atoms with Crippen molar-refractivity contribution >= 4 is 17.7 Å². The number of pyridine rings is 1. The van der Waals surface area contributed by atoms with Gasteiger partial charge in [-0.3, -0.25) is 9.78 Å². The minimum atomic E-state index is -1.91. The molecular weight excluding hydrogens is 387 g/mol. The number of hydrogen-bond acceptors (Lipinski definition) is 5. The first-order chi connectivity index (χ1) is 13.1. The van der Waals surface area contributed by atoms with Crippen LogP contribution < -0.4 is 5.56 Å². The van der Waals surface area contributed by atoms with Gasteiger partial charge in [0.15, 0.2) is 5.67 Å². The number of ether oxygens (including phenoxy) is 1. The predicted molar refractivity (Wildman–Crippen MR) is 103 cm³/mol. The monoisotopic (exact) mass is 408 g/mol. The summed E-state index contributed by atoms with van der Waals surface area (Å²) >= 11 is 6.10. The Bertz CT molecular complexity index is 919. The fourth-order valence-electron chi connectivity index (χ4n) is 3.01. The van der Waals surface area contributed by atoms with Gasteiger partial charge in [0.05, 0.1) is 0 Å². The number of piperidine rings is 1. The van der Waals surface area contributed by atoms with Crippen LogP contribution in [-0.2, 0) is 10.4 Å². The van der Waals surface area contributed by atoms with Gasteiger partial charge in [0.1, 0.15) is 22.1 Å². The van der Waals surface area contributed by atoms with Crippen LogP contribution in [-0.4, -0.2) is 44.6 Å². The van der Waals surface area contributed by atoms with Crippen molar-refractivity contribution in [3.63, 3.8) is 0 Å². The summed E-state index contributed by atoms with van der Waals surface area (Å²) in [5.41, 5.74) is -2.65. The molecule has 1 fully saturated rings. The van der Waals surface area contributed by atoms with E-state index in [1.165, 1.54) is 4.90 Å². The van der Waals surface area contributed by atoms with Crippen LogP contribution >= 0.6 is 11.6 Å². The van der Waals surface area contributed by atoms with E-state index in [2.05, 4.69) is 15.0 Å². The zero-order valence-corrected chi connectivity index (χ0v) is 16.7. The summed E-state index contributed by atoms with van der Waals surface area (Å²) in [6.45, 7) is 5.60. The van der Waals surface area contributed by atoms with Crippen molar-refractivity contribution in [3.05, 3.63) is 45.6 Å². The smallest absolute Gasteiger partial charge is 0.410 e. The number of aromatic nitrogens is 3. The summed E-state index contributed by atoms with van der Waals surface area (Å²) in [6.07, 6.45) is 2.55. The van der Waals surface area contributed by atoms with Crippen LogP contribution in [0.4, 0.5) is 9.18 Å². The second-order valence-corrected chi connectivity index (χ2v) is 8.12.